The maximum atomic E-state index is 12.7. The number of carbonyl (C=O) groups excluding carboxylic acids is 1. The van der Waals surface area contributed by atoms with Crippen LogP contribution in [0, 0.1) is 10.1 Å². The van der Waals surface area contributed by atoms with E-state index in [1.54, 1.807) is 17.0 Å². The average Bonchev–Trinajstić information content (AvgIpc) is 3.26. The van der Waals surface area contributed by atoms with E-state index in [4.69, 9.17) is 4.52 Å². The van der Waals surface area contributed by atoms with Crippen LogP contribution in [-0.4, -0.2) is 63.5 Å². The van der Waals surface area contributed by atoms with Crippen LogP contribution in [0.1, 0.15) is 34.1 Å². The van der Waals surface area contributed by atoms with E-state index in [1.807, 2.05) is 30.3 Å². The predicted octanol–water partition coefficient (Wildman–Crippen LogP) is 2.96. The summed E-state index contributed by atoms with van der Waals surface area (Å²) in [5, 5.41) is 15.3. The van der Waals surface area contributed by atoms with E-state index < -0.39 is 4.92 Å². The number of aryl methyl sites for hydroxylation is 1. The fraction of sp³-hybridized carbons (Fsp3) is 0.348. The molecule has 1 saturated heterocycles. The molecule has 1 fully saturated rings. The molecule has 1 aliphatic rings. The molecule has 166 valence electrons. The van der Waals surface area contributed by atoms with Gasteiger partial charge in [0.2, 0.25) is 5.89 Å². The fourth-order valence-electron chi connectivity index (χ4n) is 3.85. The molecule has 0 saturated carbocycles. The third-order valence-electron chi connectivity index (χ3n) is 5.57. The molecule has 0 N–H and O–H groups in total. The first-order chi connectivity index (χ1) is 15.6. The first-order valence-electron chi connectivity index (χ1n) is 10.7. The number of benzene rings is 2. The summed E-state index contributed by atoms with van der Waals surface area (Å²) in [4.78, 5) is 31.9. The van der Waals surface area contributed by atoms with Crippen molar-refractivity contribution < 1.29 is 14.2 Å². The predicted molar refractivity (Wildman–Crippen MR) is 117 cm³/mol. The molecule has 0 bridgehead atoms. The lowest BCUT2D eigenvalue weighted by molar-refractivity contribution is -0.385. The second-order valence-corrected chi connectivity index (χ2v) is 7.78. The summed E-state index contributed by atoms with van der Waals surface area (Å²) < 4.78 is 5.37. The largest absolute Gasteiger partial charge is 0.339 e. The van der Waals surface area contributed by atoms with Crippen LogP contribution in [0.2, 0.25) is 0 Å². The Morgan fingerprint density at radius 1 is 1.03 bits per heavy atom. The molecule has 1 amide bonds. The van der Waals surface area contributed by atoms with Crippen molar-refractivity contribution in [2.75, 3.05) is 32.7 Å². The van der Waals surface area contributed by atoms with Crippen molar-refractivity contribution in [1.29, 1.82) is 0 Å². The van der Waals surface area contributed by atoms with Crippen molar-refractivity contribution in [2.24, 2.45) is 0 Å². The molecular weight excluding hydrogens is 410 g/mol. The summed E-state index contributed by atoms with van der Waals surface area (Å²) in [6, 6.07) is 16.1. The number of nitro benzene ring substituents is 1. The van der Waals surface area contributed by atoms with Crippen LogP contribution in [-0.2, 0) is 12.8 Å². The zero-order valence-electron chi connectivity index (χ0n) is 17.7. The van der Waals surface area contributed by atoms with Gasteiger partial charge < -0.3 is 9.42 Å². The van der Waals surface area contributed by atoms with Gasteiger partial charge in [-0.25, -0.2) is 0 Å². The molecule has 0 unspecified atom stereocenters. The minimum absolute atomic E-state index is 0.147. The van der Waals surface area contributed by atoms with Gasteiger partial charge in [-0.05, 0) is 24.6 Å². The van der Waals surface area contributed by atoms with Gasteiger partial charge in [0.05, 0.1) is 4.92 Å². The molecular formula is C23H25N5O4. The summed E-state index contributed by atoms with van der Waals surface area (Å²) >= 11 is 0. The fourth-order valence-corrected chi connectivity index (χ4v) is 3.85. The minimum atomic E-state index is -0.508. The molecule has 0 aliphatic carbocycles. The van der Waals surface area contributed by atoms with E-state index in [9.17, 15) is 14.9 Å². The molecule has 2 heterocycles. The quantitative estimate of drug-likeness (QED) is 0.396. The zero-order valence-corrected chi connectivity index (χ0v) is 17.7. The van der Waals surface area contributed by atoms with Crippen LogP contribution in [0.3, 0.4) is 0 Å². The first-order valence-corrected chi connectivity index (χ1v) is 10.7. The maximum Gasteiger partial charge on any atom is 0.282 e. The molecule has 9 nitrogen and oxygen atoms in total. The van der Waals surface area contributed by atoms with Crippen molar-refractivity contribution >= 4 is 11.6 Å². The third kappa shape index (κ3) is 5.36. The number of hydrogen-bond donors (Lipinski definition) is 0. The number of carbonyl (C=O) groups is 1. The Labute approximate surface area is 185 Å². The number of piperazine rings is 1. The van der Waals surface area contributed by atoms with E-state index in [-0.39, 0.29) is 17.2 Å². The summed E-state index contributed by atoms with van der Waals surface area (Å²) in [5.74, 6) is 1.04. The van der Waals surface area contributed by atoms with E-state index in [0.29, 0.717) is 37.6 Å². The molecule has 0 radical (unpaired) electrons. The van der Waals surface area contributed by atoms with Gasteiger partial charge >= 0.3 is 0 Å². The van der Waals surface area contributed by atoms with Crippen molar-refractivity contribution in [3.63, 3.8) is 0 Å². The van der Waals surface area contributed by atoms with E-state index >= 15 is 0 Å². The second kappa shape index (κ2) is 10.1. The average molecular weight is 435 g/mol. The molecule has 0 spiro atoms. The molecule has 1 aliphatic heterocycles. The topological polar surface area (TPSA) is 106 Å². The van der Waals surface area contributed by atoms with Gasteiger partial charge in [-0.2, -0.15) is 4.98 Å². The SMILES string of the molecule is O=C(c1ccccc1[N+](=O)[O-])N1CCN(CCCc2nc(Cc3ccccc3)no2)CC1. The van der Waals surface area contributed by atoms with Gasteiger partial charge in [0.15, 0.2) is 5.82 Å². The Balaban J connectivity index is 1.21. The number of amides is 1. The highest BCUT2D eigenvalue weighted by atomic mass is 16.6. The van der Waals surface area contributed by atoms with Crippen LogP contribution in [0.4, 0.5) is 5.69 Å². The summed E-state index contributed by atoms with van der Waals surface area (Å²) in [6.45, 7) is 3.42. The number of nitro groups is 1. The van der Waals surface area contributed by atoms with E-state index in [2.05, 4.69) is 15.0 Å². The summed E-state index contributed by atoms with van der Waals surface area (Å²) in [7, 11) is 0. The Morgan fingerprint density at radius 2 is 1.75 bits per heavy atom. The van der Waals surface area contributed by atoms with Gasteiger partial charge in [-0.15, -0.1) is 0 Å². The number of hydrogen-bond acceptors (Lipinski definition) is 7. The van der Waals surface area contributed by atoms with E-state index in [1.165, 1.54) is 12.1 Å². The Kier molecular flexibility index (Phi) is 6.86. The van der Waals surface area contributed by atoms with Gasteiger partial charge in [0, 0.05) is 45.1 Å². The highest BCUT2D eigenvalue weighted by Crippen LogP contribution is 2.20. The van der Waals surface area contributed by atoms with Gasteiger partial charge in [0.25, 0.3) is 11.6 Å². The zero-order chi connectivity index (χ0) is 22.3. The summed E-state index contributed by atoms with van der Waals surface area (Å²) in [6.07, 6.45) is 2.24. The normalized spacial score (nSPS) is 14.4. The molecule has 9 heteroatoms. The van der Waals surface area contributed by atoms with Gasteiger partial charge in [-0.3, -0.25) is 19.8 Å². The highest BCUT2D eigenvalue weighted by molar-refractivity contribution is 5.98. The molecule has 1 aromatic heterocycles. The lowest BCUT2D eigenvalue weighted by Gasteiger charge is -2.34. The Morgan fingerprint density at radius 3 is 2.50 bits per heavy atom. The van der Waals surface area contributed by atoms with E-state index in [0.717, 1.165) is 31.6 Å². The van der Waals surface area contributed by atoms with Gasteiger partial charge in [-0.1, -0.05) is 47.6 Å². The van der Waals surface area contributed by atoms with Crippen LogP contribution in [0.5, 0.6) is 0 Å². The van der Waals surface area contributed by atoms with Crippen LogP contribution in [0.15, 0.2) is 59.1 Å². The lowest BCUT2D eigenvalue weighted by atomic mass is 10.1. The van der Waals surface area contributed by atoms with Crippen LogP contribution in [0.25, 0.3) is 0 Å². The van der Waals surface area contributed by atoms with Crippen LogP contribution >= 0.6 is 0 Å². The molecule has 3 aromatic rings. The van der Waals surface area contributed by atoms with Crippen molar-refractivity contribution in [3.05, 3.63) is 87.6 Å². The monoisotopic (exact) mass is 435 g/mol. The molecule has 4 rings (SSSR count). The molecule has 32 heavy (non-hydrogen) atoms. The van der Waals surface area contributed by atoms with Crippen molar-refractivity contribution in [3.8, 4) is 0 Å². The maximum absolute atomic E-state index is 12.7. The van der Waals surface area contributed by atoms with Crippen molar-refractivity contribution in [1.82, 2.24) is 19.9 Å². The molecule has 0 atom stereocenters. The molecule has 2 aromatic carbocycles. The number of para-hydroxylation sites is 1. The standard InChI is InChI=1S/C23H25N5O4/c29-23(19-9-4-5-10-20(19)28(30)31)27-15-13-26(14-16-27)12-6-11-22-24-21(25-32-22)17-18-7-2-1-3-8-18/h1-5,7-10H,6,11-17H2. The van der Waals surface area contributed by atoms with Crippen molar-refractivity contribution in [2.45, 2.75) is 19.3 Å². The Bertz CT molecular complexity index is 1060. The smallest absolute Gasteiger partial charge is 0.282 e. The number of rotatable bonds is 8. The third-order valence-corrected chi connectivity index (χ3v) is 5.57. The lowest BCUT2D eigenvalue weighted by Crippen LogP contribution is -2.49. The first kappa shape index (κ1) is 21.6. The van der Waals surface area contributed by atoms with Crippen LogP contribution < -0.4 is 0 Å². The summed E-state index contributed by atoms with van der Waals surface area (Å²) in [5.41, 5.74) is 1.15. The minimum Gasteiger partial charge on any atom is -0.339 e. The number of nitrogens with zero attached hydrogens (tertiary/aromatic N) is 5. The number of aromatic nitrogens is 2. The highest BCUT2D eigenvalue weighted by Gasteiger charge is 2.27. The van der Waals surface area contributed by atoms with Gasteiger partial charge in [0.1, 0.15) is 5.56 Å². The second-order valence-electron chi connectivity index (χ2n) is 7.78. The Hall–Kier alpha value is -3.59.